The molecule has 25 heavy (non-hydrogen) atoms. The predicted octanol–water partition coefficient (Wildman–Crippen LogP) is 3.41. The first-order valence-corrected chi connectivity index (χ1v) is 7.81. The molecule has 2 heterocycles. The van der Waals surface area contributed by atoms with Crippen LogP contribution in [0.2, 0.25) is 0 Å². The van der Waals surface area contributed by atoms with Crippen molar-refractivity contribution in [3.63, 3.8) is 0 Å². The van der Waals surface area contributed by atoms with Gasteiger partial charge in [-0.3, -0.25) is 15.1 Å². The number of nitro benzene ring substituents is 1. The van der Waals surface area contributed by atoms with Gasteiger partial charge in [-0.15, -0.1) is 0 Å². The van der Waals surface area contributed by atoms with E-state index in [0.29, 0.717) is 29.8 Å². The smallest absolute Gasteiger partial charge is 0.292 e. The number of anilines is 1. The molecule has 7 nitrogen and oxygen atoms in total. The largest absolute Gasteiger partial charge is 0.394 e. The molecule has 128 valence electrons. The van der Waals surface area contributed by atoms with Gasteiger partial charge in [-0.25, -0.2) is 4.85 Å². The van der Waals surface area contributed by atoms with Gasteiger partial charge in [-0.2, -0.15) is 0 Å². The first-order valence-electron chi connectivity index (χ1n) is 8.81. The zero-order valence-electron chi connectivity index (χ0n) is 15.6. The van der Waals surface area contributed by atoms with E-state index in [0.717, 1.165) is 0 Å². The summed E-state index contributed by atoms with van der Waals surface area (Å²) in [7, 11) is 0. The average Bonchev–Trinajstić information content (AvgIpc) is 3.03. The molecular formula is C18H18N4O3. The molecule has 0 aliphatic carbocycles. The highest BCUT2D eigenvalue weighted by atomic mass is 16.6. The minimum absolute atomic E-state index is 0.0673. The number of nitrogens with zero attached hydrogens (tertiary/aromatic N) is 4. The second kappa shape index (κ2) is 6.87. The van der Waals surface area contributed by atoms with E-state index < -0.39 is 17.5 Å². The Kier molecular flexibility index (Phi) is 3.95. The van der Waals surface area contributed by atoms with Crippen molar-refractivity contribution in [2.45, 2.75) is 19.4 Å². The van der Waals surface area contributed by atoms with Gasteiger partial charge in [0.1, 0.15) is 5.69 Å². The highest BCUT2D eigenvalue weighted by Gasteiger charge is 2.33. The van der Waals surface area contributed by atoms with Gasteiger partial charge < -0.3 is 10.0 Å². The Morgan fingerprint density at radius 2 is 2.36 bits per heavy atom. The molecule has 0 unspecified atom stereocenters. The number of aliphatic hydroxyl groups is 1. The van der Waals surface area contributed by atoms with Gasteiger partial charge >= 0.3 is 0 Å². The summed E-state index contributed by atoms with van der Waals surface area (Å²) < 4.78 is 15.4. The molecular weight excluding hydrogens is 320 g/mol. The quantitative estimate of drug-likeness (QED) is 0.524. The van der Waals surface area contributed by atoms with Crippen LogP contribution in [0.5, 0.6) is 0 Å². The second-order valence-electron chi connectivity index (χ2n) is 6.10. The lowest BCUT2D eigenvalue weighted by atomic mass is 10.0. The summed E-state index contributed by atoms with van der Waals surface area (Å²) in [4.78, 5) is 20.1. The van der Waals surface area contributed by atoms with Crippen LogP contribution in [0.25, 0.3) is 16.0 Å². The topological polar surface area (TPSA) is 83.9 Å². The highest BCUT2D eigenvalue weighted by Crippen LogP contribution is 2.39. The molecule has 1 aliphatic heterocycles. The van der Waals surface area contributed by atoms with Crippen LogP contribution >= 0.6 is 0 Å². The summed E-state index contributed by atoms with van der Waals surface area (Å²) in [6.45, 7) is 7.10. The van der Waals surface area contributed by atoms with Crippen LogP contribution in [0.1, 0.15) is 16.1 Å². The van der Waals surface area contributed by atoms with Gasteiger partial charge in [0.05, 0.1) is 26.8 Å². The number of rotatable bonds is 4. The summed E-state index contributed by atoms with van der Waals surface area (Å²) >= 11 is 0. The molecule has 1 saturated heterocycles. The van der Waals surface area contributed by atoms with E-state index in [9.17, 15) is 15.2 Å². The molecule has 1 aromatic heterocycles. The van der Waals surface area contributed by atoms with Crippen LogP contribution in [-0.4, -0.2) is 34.2 Å². The van der Waals surface area contributed by atoms with Gasteiger partial charge in [-0.05, 0) is 36.1 Å². The molecule has 1 N–H and O–H groups in total. The number of aromatic nitrogens is 1. The molecule has 0 spiro atoms. The zero-order valence-corrected chi connectivity index (χ0v) is 13.6. The minimum atomic E-state index is -2.50. The monoisotopic (exact) mass is 340 g/mol. The van der Waals surface area contributed by atoms with Crippen molar-refractivity contribution in [1.29, 1.82) is 0 Å². The normalized spacial score (nSPS) is 21.4. The fraction of sp³-hybridized carbons (Fsp3) is 0.333. The Bertz CT molecular complexity index is 924. The lowest BCUT2D eigenvalue weighted by molar-refractivity contribution is -0.384. The third kappa shape index (κ3) is 3.16. The van der Waals surface area contributed by atoms with Gasteiger partial charge in [0.25, 0.3) is 5.69 Å². The Morgan fingerprint density at radius 3 is 3.04 bits per heavy atom. The Balaban J connectivity index is 2.16. The highest BCUT2D eigenvalue weighted by molar-refractivity contribution is 5.82. The maximum atomic E-state index is 11.5. The van der Waals surface area contributed by atoms with E-state index in [1.807, 2.05) is 6.92 Å². The third-order valence-electron chi connectivity index (χ3n) is 4.37. The standard InChI is InChI=1S/C18H18N4O3/c1-12-7-14(11-23)21(10-12)18-8-13(3-4-17(18)22(24)25)15-9-20-6-5-16(15)19-2/h3-6,8-9,12,14,23H,7,10-11H2,1H3/t12-,14-/m0/s1/i11D2. The Hall–Kier alpha value is -2.98. The average molecular weight is 340 g/mol. The molecule has 1 aliphatic rings. The first kappa shape index (κ1) is 14.4. The summed E-state index contributed by atoms with van der Waals surface area (Å²) in [5, 5.41) is 21.5. The first-order chi connectivity index (χ1) is 12.7. The van der Waals surface area contributed by atoms with Crippen LogP contribution in [0, 0.1) is 22.6 Å². The number of nitro groups is 1. The zero-order chi connectivity index (χ0) is 19.8. The van der Waals surface area contributed by atoms with Crippen LogP contribution in [0.15, 0.2) is 36.7 Å². The summed E-state index contributed by atoms with van der Waals surface area (Å²) in [6, 6.07) is 5.14. The van der Waals surface area contributed by atoms with E-state index in [1.165, 1.54) is 18.5 Å². The van der Waals surface area contributed by atoms with E-state index in [-0.39, 0.29) is 17.3 Å². The summed E-state index contributed by atoms with van der Waals surface area (Å²) in [5.74, 6) is 0.0673. The molecule has 2 atom stereocenters. The van der Waals surface area contributed by atoms with Crippen LogP contribution in [-0.2, 0) is 0 Å². The molecule has 0 saturated carbocycles. The van der Waals surface area contributed by atoms with Crippen molar-refractivity contribution >= 4 is 17.1 Å². The summed E-state index contributed by atoms with van der Waals surface area (Å²) in [5.41, 5.74) is 1.54. The van der Waals surface area contributed by atoms with Crippen LogP contribution in [0.3, 0.4) is 0 Å². The lowest BCUT2D eigenvalue weighted by Crippen LogP contribution is -2.32. The van der Waals surface area contributed by atoms with E-state index in [1.54, 1.807) is 23.1 Å². The van der Waals surface area contributed by atoms with Crippen LogP contribution in [0.4, 0.5) is 17.1 Å². The van der Waals surface area contributed by atoms with Crippen LogP contribution < -0.4 is 4.90 Å². The van der Waals surface area contributed by atoms with Gasteiger partial charge in [-0.1, -0.05) is 6.92 Å². The lowest BCUT2D eigenvalue weighted by Gasteiger charge is -2.25. The Labute approximate surface area is 148 Å². The fourth-order valence-electron chi connectivity index (χ4n) is 3.22. The van der Waals surface area contributed by atoms with Crippen molar-refractivity contribution < 1.29 is 12.8 Å². The van der Waals surface area contributed by atoms with Crippen molar-refractivity contribution in [3.05, 3.63) is 58.2 Å². The molecule has 3 rings (SSSR count). The van der Waals surface area contributed by atoms with Gasteiger partial charge in [0.15, 0.2) is 5.69 Å². The van der Waals surface area contributed by atoms with Gasteiger partial charge in [0, 0.05) is 30.6 Å². The van der Waals surface area contributed by atoms with Crippen molar-refractivity contribution in [2.75, 3.05) is 18.0 Å². The summed E-state index contributed by atoms with van der Waals surface area (Å²) in [6.07, 6.45) is 3.40. The van der Waals surface area contributed by atoms with E-state index in [2.05, 4.69) is 9.83 Å². The fourth-order valence-corrected chi connectivity index (χ4v) is 3.22. The number of hydrogen-bond donors (Lipinski definition) is 1. The van der Waals surface area contributed by atoms with E-state index >= 15 is 0 Å². The molecule has 0 bridgehead atoms. The van der Waals surface area contributed by atoms with Crippen molar-refractivity contribution in [3.8, 4) is 11.1 Å². The third-order valence-corrected chi connectivity index (χ3v) is 4.37. The molecule has 0 radical (unpaired) electrons. The van der Waals surface area contributed by atoms with E-state index in [4.69, 9.17) is 9.31 Å². The van der Waals surface area contributed by atoms with Crippen molar-refractivity contribution in [2.24, 2.45) is 5.92 Å². The number of benzene rings is 1. The molecule has 1 fully saturated rings. The molecule has 0 amide bonds. The maximum Gasteiger partial charge on any atom is 0.292 e. The number of pyridine rings is 1. The van der Waals surface area contributed by atoms with Crippen molar-refractivity contribution in [1.82, 2.24) is 4.98 Å². The molecule has 2 aromatic rings. The maximum absolute atomic E-state index is 11.5. The molecule has 7 heteroatoms. The Morgan fingerprint density at radius 1 is 1.56 bits per heavy atom. The number of hydrogen-bond acceptors (Lipinski definition) is 5. The predicted molar refractivity (Wildman–Crippen MR) is 94.6 cm³/mol. The van der Waals surface area contributed by atoms with Gasteiger partial charge in [0.2, 0.25) is 0 Å². The second-order valence-corrected chi connectivity index (χ2v) is 6.10. The minimum Gasteiger partial charge on any atom is -0.394 e. The molecule has 1 aromatic carbocycles. The SMILES string of the molecule is [2H]C([2H])(O)[C@@H]1C[C@H](C)CN1c1cc(-c2cnccc2[N+]#[C-])ccc1[N+](=O)[O-].